The molecule has 0 spiro atoms. The van der Waals surface area contributed by atoms with Crippen molar-refractivity contribution in [1.29, 1.82) is 0 Å². The quantitative estimate of drug-likeness (QED) is 0.713. The van der Waals surface area contributed by atoms with E-state index in [0.717, 1.165) is 11.1 Å². The molecule has 9 heteroatoms. The molecule has 2 aromatic rings. The van der Waals surface area contributed by atoms with Crippen molar-refractivity contribution in [3.8, 4) is 0 Å². The van der Waals surface area contributed by atoms with Gasteiger partial charge in [0.1, 0.15) is 5.82 Å². The van der Waals surface area contributed by atoms with Crippen molar-refractivity contribution in [3.05, 3.63) is 59.8 Å². The lowest BCUT2D eigenvalue weighted by Crippen LogP contribution is -2.35. The number of anilines is 1. The van der Waals surface area contributed by atoms with Gasteiger partial charge in [0.25, 0.3) is 0 Å². The molecule has 0 unspecified atom stereocenters. The summed E-state index contributed by atoms with van der Waals surface area (Å²) in [4.78, 5) is 30.5. The molecular formula is C23H24N4O4S. The maximum absolute atomic E-state index is 12.9. The molecule has 3 aliphatic rings. The minimum absolute atomic E-state index is 0.0295. The molecule has 0 saturated carbocycles. The van der Waals surface area contributed by atoms with Crippen molar-refractivity contribution >= 4 is 33.7 Å². The second-order valence-electron chi connectivity index (χ2n) is 8.56. The van der Waals surface area contributed by atoms with Gasteiger partial charge in [0.05, 0.1) is 4.90 Å². The molecule has 1 aromatic carbocycles. The molecule has 8 nitrogen and oxygen atoms in total. The highest BCUT2D eigenvalue weighted by Gasteiger charge is 2.45. The van der Waals surface area contributed by atoms with E-state index in [1.54, 1.807) is 57.9 Å². The fourth-order valence-electron chi connectivity index (χ4n) is 4.71. The Morgan fingerprint density at radius 1 is 1.06 bits per heavy atom. The molecule has 0 radical (unpaired) electrons. The number of aromatic nitrogens is 1. The summed E-state index contributed by atoms with van der Waals surface area (Å²) in [5.41, 5.74) is 1.78. The molecule has 0 aliphatic carbocycles. The number of pyridine rings is 1. The van der Waals surface area contributed by atoms with E-state index in [4.69, 9.17) is 0 Å². The van der Waals surface area contributed by atoms with E-state index in [-0.39, 0.29) is 23.7 Å². The zero-order valence-electron chi connectivity index (χ0n) is 17.5. The van der Waals surface area contributed by atoms with Gasteiger partial charge in [0.2, 0.25) is 21.8 Å². The number of hydrogen-bond donors (Lipinski definition) is 1. The van der Waals surface area contributed by atoms with Gasteiger partial charge in [-0.25, -0.2) is 13.4 Å². The van der Waals surface area contributed by atoms with Crippen LogP contribution in [0, 0.1) is 11.8 Å². The number of likely N-dealkylation sites (tertiary alicyclic amines) is 1. The summed E-state index contributed by atoms with van der Waals surface area (Å²) in [6.07, 6.45) is 6.01. The second kappa shape index (κ2) is 8.14. The minimum atomic E-state index is -3.49. The number of carbonyl (C=O) groups is 2. The van der Waals surface area contributed by atoms with Crippen molar-refractivity contribution in [2.75, 3.05) is 31.5 Å². The van der Waals surface area contributed by atoms with Gasteiger partial charge in [-0.3, -0.25) is 9.59 Å². The first kappa shape index (κ1) is 20.8. The Morgan fingerprint density at radius 3 is 2.50 bits per heavy atom. The number of fused-ring (bicyclic) bond motifs is 2. The number of sulfonamides is 1. The number of aryl methyl sites for hydroxylation is 1. The number of hydrogen-bond acceptors (Lipinski definition) is 5. The highest BCUT2D eigenvalue weighted by Crippen LogP contribution is 2.34. The maximum atomic E-state index is 12.9. The Balaban J connectivity index is 1.20. The van der Waals surface area contributed by atoms with Crippen LogP contribution in [0.4, 0.5) is 5.82 Å². The monoisotopic (exact) mass is 452 g/mol. The van der Waals surface area contributed by atoms with Crippen LogP contribution in [-0.4, -0.2) is 60.6 Å². The maximum Gasteiger partial charge on any atom is 0.246 e. The van der Waals surface area contributed by atoms with Crippen molar-refractivity contribution < 1.29 is 18.0 Å². The van der Waals surface area contributed by atoms with Crippen molar-refractivity contribution in [3.63, 3.8) is 0 Å². The van der Waals surface area contributed by atoms with Crippen LogP contribution in [0.2, 0.25) is 0 Å². The van der Waals surface area contributed by atoms with Crippen molar-refractivity contribution in [1.82, 2.24) is 14.2 Å². The van der Waals surface area contributed by atoms with E-state index in [9.17, 15) is 18.0 Å². The predicted octanol–water partition coefficient (Wildman–Crippen LogP) is 1.76. The van der Waals surface area contributed by atoms with Crippen LogP contribution >= 0.6 is 0 Å². The zero-order chi connectivity index (χ0) is 22.3. The topological polar surface area (TPSA) is 99.7 Å². The van der Waals surface area contributed by atoms with E-state index in [1.807, 2.05) is 6.07 Å². The average molecular weight is 453 g/mol. The van der Waals surface area contributed by atoms with Crippen LogP contribution in [0.1, 0.15) is 17.5 Å². The molecule has 5 rings (SSSR count). The fraction of sp³-hybridized carbons (Fsp3) is 0.348. The molecule has 166 valence electrons. The van der Waals surface area contributed by atoms with Crippen molar-refractivity contribution in [2.24, 2.45) is 11.8 Å². The molecule has 32 heavy (non-hydrogen) atoms. The third-order valence-electron chi connectivity index (χ3n) is 6.43. The highest BCUT2D eigenvalue weighted by molar-refractivity contribution is 7.89. The van der Waals surface area contributed by atoms with Gasteiger partial charge in [0.15, 0.2) is 0 Å². The summed E-state index contributed by atoms with van der Waals surface area (Å²) in [7, 11) is -3.49. The van der Waals surface area contributed by atoms with Crippen LogP contribution in [-0.2, 0) is 26.0 Å². The van der Waals surface area contributed by atoms with Gasteiger partial charge < -0.3 is 10.2 Å². The molecule has 3 aliphatic heterocycles. The minimum Gasteiger partial charge on any atom is -0.338 e. The summed E-state index contributed by atoms with van der Waals surface area (Å²) in [6, 6.07) is 10.4. The van der Waals surface area contributed by atoms with Crippen LogP contribution in [0.5, 0.6) is 0 Å². The largest absolute Gasteiger partial charge is 0.338 e. The smallest absolute Gasteiger partial charge is 0.246 e. The summed E-state index contributed by atoms with van der Waals surface area (Å²) >= 11 is 0. The first-order valence-corrected chi connectivity index (χ1v) is 12.1. The van der Waals surface area contributed by atoms with E-state index < -0.39 is 10.0 Å². The molecule has 2 saturated heterocycles. The Kier molecular flexibility index (Phi) is 5.30. The Hall–Kier alpha value is -3.04. The van der Waals surface area contributed by atoms with Crippen LogP contribution in [0.3, 0.4) is 0 Å². The predicted molar refractivity (Wildman–Crippen MR) is 119 cm³/mol. The lowest BCUT2D eigenvalue weighted by atomic mass is 10.0. The molecular weight excluding hydrogens is 428 g/mol. The van der Waals surface area contributed by atoms with E-state index >= 15 is 0 Å². The Morgan fingerprint density at radius 2 is 1.78 bits per heavy atom. The van der Waals surface area contributed by atoms with Gasteiger partial charge in [-0.15, -0.1) is 0 Å². The summed E-state index contributed by atoms with van der Waals surface area (Å²) in [5, 5.41) is 2.75. The van der Waals surface area contributed by atoms with Crippen molar-refractivity contribution in [2.45, 2.75) is 17.7 Å². The summed E-state index contributed by atoms with van der Waals surface area (Å²) in [5.74, 6) is 0.785. The third-order valence-corrected chi connectivity index (χ3v) is 8.28. The molecule has 2 atom stereocenters. The lowest BCUT2D eigenvalue weighted by Gasteiger charge is -2.21. The SMILES string of the molecule is O=C1CCc2cc(/C=C/C(=O)N3C[C@@H]4CN(S(=O)(=O)c5ccccc5)C[C@@H]4C3)cnc2N1. The zero-order valence-corrected chi connectivity index (χ0v) is 18.3. The number of nitrogens with zero attached hydrogens (tertiary/aromatic N) is 3. The first-order valence-electron chi connectivity index (χ1n) is 10.7. The van der Waals surface area contributed by atoms with E-state index in [2.05, 4.69) is 10.3 Å². The standard InChI is InChI=1S/C23H24N4O4S/c28-21-8-7-17-10-16(11-24-23(17)25-21)6-9-22(29)26-12-18-14-27(15-19(18)13-26)32(30,31)20-4-2-1-3-5-20/h1-6,9-11,18-19H,7-8,12-15H2,(H,24,25,28)/b9-6+/t18-,19+. The molecule has 2 fully saturated rings. The normalized spacial score (nSPS) is 23.2. The average Bonchev–Trinajstić information content (AvgIpc) is 3.38. The van der Waals surface area contributed by atoms with Gasteiger partial charge in [-0.1, -0.05) is 18.2 Å². The van der Waals surface area contributed by atoms with E-state index in [0.29, 0.717) is 49.7 Å². The van der Waals surface area contributed by atoms with Gasteiger partial charge in [-0.2, -0.15) is 4.31 Å². The Bertz CT molecular complexity index is 1180. The van der Waals surface area contributed by atoms with Crippen LogP contribution in [0.15, 0.2) is 53.6 Å². The second-order valence-corrected chi connectivity index (χ2v) is 10.5. The molecule has 0 bridgehead atoms. The number of rotatable bonds is 4. The summed E-state index contributed by atoms with van der Waals surface area (Å²) in [6.45, 7) is 2.00. The molecule has 2 amide bonds. The fourth-order valence-corrected chi connectivity index (χ4v) is 6.28. The Labute approximate surface area is 187 Å². The molecule has 4 heterocycles. The van der Waals surface area contributed by atoms with Gasteiger partial charge in [0, 0.05) is 44.9 Å². The number of benzene rings is 1. The van der Waals surface area contributed by atoms with Crippen LogP contribution in [0.25, 0.3) is 6.08 Å². The van der Waals surface area contributed by atoms with Crippen LogP contribution < -0.4 is 5.32 Å². The van der Waals surface area contributed by atoms with Gasteiger partial charge >= 0.3 is 0 Å². The molecule has 1 aromatic heterocycles. The highest BCUT2D eigenvalue weighted by atomic mass is 32.2. The molecule has 1 N–H and O–H groups in total. The first-order chi connectivity index (χ1) is 15.4. The lowest BCUT2D eigenvalue weighted by molar-refractivity contribution is -0.125. The number of amides is 2. The van der Waals surface area contributed by atoms with Gasteiger partial charge in [-0.05, 0) is 53.7 Å². The summed E-state index contributed by atoms with van der Waals surface area (Å²) < 4.78 is 27.3. The van der Waals surface area contributed by atoms with E-state index in [1.165, 1.54) is 0 Å². The number of nitrogens with one attached hydrogen (secondary N) is 1. The third kappa shape index (κ3) is 3.93. The number of carbonyl (C=O) groups excluding carboxylic acids is 2.